The van der Waals surface area contributed by atoms with Crippen LogP contribution in [0.15, 0.2) is 63.8 Å². The van der Waals surface area contributed by atoms with Gasteiger partial charge in [-0.1, -0.05) is 18.2 Å². The maximum Gasteiger partial charge on any atom is 0.336 e. The van der Waals surface area contributed by atoms with E-state index in [1.807, 2.05) is 0 Å². The molecule has 0 saturated carbocycles. The minimum Gasteiger partial charge on any atom is -0.507 e. The highest BCUT2D eigenvalue weighted by molar-refractivity contribution is 6.08. The second-order valence-electron chi connectivity index (χ2n) is 8.79. The van der Waals surface area contributed by atoms with Crippen molar-refractivity contribution in [3.63, 3.8) is 0 Å². The van der Waals surface area contributed by atoms with E-state index < -0.39 is 54.2 Å². The lowest BCUT2D eigenvalue weighted by molar-refractivity contribution is -0.167. The smallest absolute Gasteiger partial charge is 0.336 e. The number of rotatable bonds is 9. The van der Waals surface area contributed by atoms with E-state index in [0.29, 0.717) is 22.1 Å². The molecule has 0 radical (unpaired) electrons. The van der Waals surface area contributed by atoms with Crippen molar-refractivity contribution in [2.75, 3.05) is 0 Å². The summed E-state index contributed by atoms with van der Waals surface area (Å²) in [5, 5.41) is 51.3. The van der Waals surface area contributed by atoms with Crippen LogP contribution >= 0.6 is 0 Å². The van der Waals surface area contributed by atoms with Crippen molar-refractivity contribution in [2.24, 2.45) is 0 Å². The van der Waals surface area contributed by atoms with E-state index in [1.165, 1.54) is 36.4 Å². The molecule has 1 aliphatic heterocycles. The molecular formula is C27H21NO11. The van der Waals surface area contributed by atoms with Crippen molar-refractivity contribution in [1.29, 1.82) is 0 Å². The van der Waals surface area contributed by atoms with Gasteiger partial charge in [-0.15, -0.1) is 0 Å². The summed E-state index contributed by atoms with van der Waals surface area (Å²) < 4.78 is 5.95. The Bertz CT molecular complexity index is 1670. The van der Waals surface area contributed by atoms with Crippen molar-refractivity contribution in [3.8, 4) is 28.2 Å². The Kier molecular flexibility index (Phi) is 7.06. The van der Waals surface area contributed by atoms with Gasteiger partial charge in [0.2, 0.25) is 5.91 Å². The molecule has 200 valence electrons. The van der Waals surface area contributed by atoms with Gasteiger partial charge in [0, 0.05) is 22.6 Å². The largest absolute Gasteiger partial charge is 0.507 e. The Morgan fingerprint density at radius 1 is 0.897 bits per heavy atom. The molecule has 0 saturated heterocycles. The summed E-state index contributed by atoms with van der Waals surface area (Å²) in [4.78, 5) is 58.9. The van der Waals surface area contributed by atoms with E-state index in [2.05, 4.69) is 5.32 Å². The van der Waals surface area contributed by atoms with E-state index in [4.69, 9.17) is 9.52 Å². The van der Waals surface area contributed by atoms with Crippen LogP contribution in [-0.2, 0) is 20.9 Å². The van der Waals surface area contributed by atoms with Crippen LogP contribution in [0.3, 0.4) is 0 Å². The number of carboxylic acid groups (broad SMARTS) is 3. The number of hydrogen-bond donors (Lipinski definition) is 6. The number of aromatic carboxylic acids is 1. The van der Waals surface area contributed by atoms with Crippen LogP contribution < -0.4 is 10.7 Å². The standard InChI is InChI=1S/C27H21NO11/c29-13-5-6-16-20(9-13)39-24-17(23(16)14-3-1-2-4-15(14)25(34)35)7-8-19(30)18(24)12-28-21(31)10-27(38,26(36)37)11-22(32)33/h1-9,30,38H,10-12H2,(H,28,31)(H,32,33)(H,34,35)(H,36,37). The minimum absolute atomic E-state index is 0.00243. The average molecular weight is 535 g/mol. The monoisotopic (exact) mass is 535 g/mol. The normalized spacial score (nSPS) is 12.6. The molecule has 0 fully saturated rings. The molecule has 1 amide bonds. The van der Waals surface area contributed by atoms with Crippen molar-refractivity contribution in [3.05, 3.63) is 75.9 Å². The number of phenols is 1. The number of fused-ring (bicyclic) bond motifs is 2. The van der Waals surface area contributed by atoms with E-state index in [9.17, 15) is 44.4 Å². The highest BCUT2D eigenvalue weighted by atomic mass is 16.4. The number of aromatic hydroxyl groups is 1. The summed E-state index contributed by atoms with van der Waals surface area (Å²) in [5.41, 5.74) is -2.19. The number of hydrogen-bond acceptors (Lipinski definition) is 8. The summed E-state index contributed by atoms with van der Waals surface area (Å²) in [6.45, 7) is -0.448. The number of carbonyl (C=O) groups is 4. The number of carboxylic acids is 3. The summed E-state index contributed by atoms with van der Waals surface area (Å²) in [6, 6.07) is 12.9. The van der Waals surface area contributed by atoms with Crippen LogP contribution in [0.2, 0.25) is 0 Å². The molecule has 6 N–H and O–H groups in total. The number of carbonyl (C=O) groups excluding carboxylic acids is 1. The summed E-state index contributed by atoms with van der Waals surface area (Å²) in [6.07, 6.45) is -2.31. The van der Waals surface area contributed by atoms with Crippen LogP contribution in [0.4, 0.5) is 0 Å². The van der Waals surface area contributed by atoms with Gasteiger partial charge in [-0.25, -0.2) is 9.59 Å². The summed E-state index contributed by atoms with van der Waals surface area (Å²) in [7, 11) is 0. The molecule has 0 spiro atoms. The number of aliphatic hydroxyl groups is 1. The Morgan fingerprint density at radius 3 is 2.28 bits per heavy atom. The first kappa shape index (κ1) is 26.8. The van der Waals surface area contributed by atoms with Gasteiger partial charge < -0.3 is 35.3 Å². The highest BCUT2D eigenvalue weighted by Crippen LogP contribution is 2.43. The lowest BCUT2D eigenvalue weighted by Crippen LogP contribution is -2.45. The molecule has 2 aromatic carbocycles. The van der Waals surface area contributed by atoms with Gasteiger partial charge in [0.05, 0.1) is 30.5 Å². The average Bonchev–Trinajstić information content (AvgIpc) is 2.86. The maximum absolute atomic E-state index is 12.5. The van der Waals surface area contributed by atoms with Gasteiger partial charge in [0.1, 0.15) is 17.1 Å². The van der Waals surface area contributed by atoms with Gasteiger partial charge in [-0.05, 0) is 35.9 Å². The molecule has 12 nitrogen and oxygen atoms in total. The van der Waals surface area contributed by atoms with Crippen molar-refractivity contribution in [2.45, 2.75) is 25.0 Å². The van der Waals surface area contributed by atoms with Crippen molar-refractivity contribution in [1.82, 2.24) is 5.32 Å². The summed E-state index contributed by atoms with van der Waals surface area (Å²) >= 11 is 0. The van der Waals surface area contributed by atoms with E-state index in [-0.39, 0.29) is 28.2 Å². The fourth-order valence-corrected chi connectivity index (χ4v) is 4.31. The number of aliphatic carboxylic acids is 2. The minimum atomic E-state index is -2.87. The lowest BCUT2D eigenvalue weighted by Gasteiger charge is -2.21. The summed E-state index contributed by atoms with van der Waals surface area (Å²) in [5.74, 6) is -6.03. The van der Waals surface area contributed by atoms with Gasteiger partial charge in [0.15, 0.2) is 11.0 Å². The first-order chi connectivity index (χ1) is 18.4. The Hall–Kier alpha value is -5.23. The molecule has 2 aromatic rings. The predicted octanol–water partition coefficient (Wildman–Crippen LogP) is 2.27. The number of nitrogens with one attached hydrogen (secondary N) is 1. The second kappa shape index (κ2) is 10.3. The molecule has 0 bridgehead atoms. The lowest BCUT2D eigenvalue weighted by atomic mass is 9.90. The second-order valence-corrected chi connectivity index (χ2v) is 8.79. The molecule has 12 heteroatoms. The highest BCUT2D eigenvalue weighted by Gasteiger charge is 2.40. The molecule has 0 aromatic heterocycles. The van der Waals surface area contributed by atoms with E-state index >= 15 is 0 Å². The van der Waals surface area contributed by atoms with Crippen LogP contribution in [0.1, 0.15) is 28.8 Å². The Labute approximate surface area is 218 Å². The van der Waals surface area contributed by atoms with Gasteiger partial charge in [0.25, 0.3) is 0 Å². The SMILES string of the molecule is O=C(O)CC(O)(CC(=O)NCc1c(O)ccc2c(-c3ccccc3C(=O)O)c3ccc(=O)cc-3oc12)C(=O)O. The van der Waals surface area contributed by atoms with E-state index in [0.717, 1.165) is 0 Å². The Morgan fingerprint density at radius 2 is 1.62 bits per heavy atom. The van der Waals surface area contributed by atoms with Gasteiger partial charge in [-0.2, -0.15) is 0 Å². The molecule has 1 heterocycles. The molecular weight excluding hydrogens is 514 g/mol. The van der Waals surface area contributed by atoms with E-state index in [1.54, 1.807) is 18.2 Å². The molecule has 1 atom stereocenters. The molecule has 1 aliphatic carbocycles. The topological polar surface area (TPSA) is 212 Å². The number of phenolic OH excluding ortho intramolecular Hbond substituents is 1. The molecule has 4 rings (SSSR count). The van der Waals surface area contributed by atoms with Gasteiger partial charge >= 0.3 is 17.9 Å². The predicted molar refractivity (Wildman–Crippen MR) is 134 cm³/mol. The van der Waals surface area contributed by atoms with Crippen LogP contribution in [0.5, 0.6) is 5.75 Å². The number of benzene rings is 3. The maximum atomic E-state index is 12.5. The molecule has 39 heavy (non-hydrogen) atoms. The zero-order valence-electron chi connectivity index (χ0n) is 20.0. The van der Waals surface area contributed by atoms with Gasteiger partial charge in [-0.3, -0.25) is 14.4 Å². The Balaban J connectivity index is 1.85. The van der Waals surface area contributed by atoms with Crippen molar-refractivity contribution >= 4 is 34.8 Å². The third-order valence-corrected chi connectivity index (χ3v) is 6.12. The van der Waals surface area contributed by atoms with Crippen LogP contribution in [-0.4, -0.2) is 54.9 Å². The van der Waals surface area contributed by atoms with Crippen LogP contribution in [0, 0.1) is 0 Å². The first-order valence-electron chi connectivity index (χ1n) is 11.4. The van der Waals surface area contributed by atoms with Crippen molar-refractivity contribution < 1.29 is 49.1 Å². The fraction of sp³-hybridized carbons (Fsp3) is 0.148. The van der Waals surface area contributed by atoms with Crippen LogP contribution in [0.25, 0.3) is 33.4 Å². The number of amides is 1. The fourth-order valence-electron chi connectivity index (χ4n) is 4.31. The third-order valence-electron chi connectivity index (χ3n) is 6.12. The zero-order valence-corrected chi connectivity index (χ0v) is 20.0. The third kappa shape index (κ3) is 5.26. The zero-order chi connectivity index (χ0) is 28.5. The first-order valence-corrected chi connectivity index (χ1v) is 11.4. The molecule has 1 unspecified atom stereocenters. The molecule has 2 aliphatic rings. The quantitative estimate of drug-likeness (QED) is 0.171.